The highest BCUT2D eigenvalue weighted by molar-refractivity contribution is 7.80. The summed E-state index contributed by atoms with van der Waals surface area (Å²) in [5.74, 6) is 0. The molecule has 5 heteroatoms. The van der Waals surface area contributed by atoms with E-state index >= 15 is 0 Å². The number of hydrogen-bond acceptors (Lipinski definition) is 4. The lowest BCUT2D eigenvalue weighted by molar-refractivity contribution is 0.113. The Morgan fingerprint density at radius 1 is 1.06 bits per heavy atom. The van der Waals surface area contributed by atoms with Gasteiger partial charge >= 0.3 is 0 Å². The molecule has 0 saturated heterocycles. The highest BCUT2D eigenvalue weighted by atomic mass is 32.1. The molecule has 0 aliphatic carbocycles. The molecule has 0 radical (unpaired) electrons. The van der Waals surface area contributed by atoms with Gasteiger partial charge in [0.05, 0.1) is 18.2 Å². The van der Waals surface area contributed by atoms with Gasteiger partial charge in [0.2, 0.25) is 0 Å². The smallest absolute Gasteiger partial charge is 0.0727 e. The van der Waals surface area contributed by atoms with Crippen LogP contribution >= 0.6 is 12.2 Å². The van der Waals surface area contributed by atoms with Gasteiger partial charge in [-0.15, -0.1) is 0 Å². The third kappa shape index (κ3) is 10.3. The molecule has 0 aromatic heterocycles. The van der Waals surface area contributed by atoms with Gasteiger partial charge in [-0.2, -0.15) is 0 Å². The molecule has 4 nitrogen and oxygen atoms in total. The van der Waals surface area contributed by atoms with Crippen LogP contribution in [0.5, 0.6) is 0 Å². The number of nitrogens with zero attached hydrogens (tertiary/aromatic N) is 1. The van der Waals surface area contributed by atoms with Crippen molar-refractivity contribution in [1.82, 2.24) is 4.90 Å². The van der Waals surface area contributed by atoms with E-state index in [2.05, 4.69) is 4.90 Å². The maximum atomic E-state index is 5.45. The van der Waals surface area contributed by atoms with Crippen LogP contribution in [0, 0.1) is 0 Å². The van der Waals surface area contributed by atoms with Crippen LogP contribution in [-0.4, -0.2) is 57.0 Å². The molecular formula is C11H24N2O2S. The van der Waals surface area contributed by atoms with Gasteiger partial charge in [0.25, 0.3) is 0 Å². The maximum Gasteiger partial charge on any atom is 0.0727 e. The predicted molar refractivity (Wildman–Crippen MR) is 70.8 cm³/mol. The van der Waals surface area contributed by atoms with E-state index in [1.54, 1.807) is 14.2 Å². The van der Waals surface area contributed by atoms with Gasteiger partial charge in [0.1, 0.15) is 0 Å². The second-order valence-electron chi connectivity index (χ2n) is 3.75. The molecule has 0 spiro atoms. The third-order valence-corrected chi connectivity index (χ3v) is 2.57. The summed E-state index contributed by atoms with van der Waals surface area (Å²) < 4.78 is 10.1. The zero-order valence-corrected chi connectivity index (χ0v) is 11.2. The summed E-state index contributed by atoms with van der Waals surface area (Å²) in [5, 5.41) is 0. The molecule has 0 aliphatic rings. The topological polar surface area (TPSA) is 47.7 Å². The average Bonchev–Trinajstić information content (AvgIpc) is 2.26. The van der Waals surface area contributed by atoms with Gasteiger partial charge in [-0.1, -0.05) is 12.2 Å². The SMILES string of the molecule is COCCN(CCCCC(N)=S)CCOC. The number of hydrogen-bond donors (Lipinski definition) is 1. The van der Waals surface area contributed by atoms with Crippen molar-refractivity contribution in [1.29, 1.82) is 0 Å². The summed E-state index contributed by atoms with van der Waals surface area (Å²) in [6, 6.07) is 0. The van der Waals surface area contributed by atoms with E-state index in [0.717, 1.165) is 52.1 Å². The number of nitrogens with two attached hydrogens (primary N) is 1. The lowest BCUT2D eigenvalue weighted by atomic mass is 10.2. The normalized spacial score (nSPS) is 10.9. The van der Waals surface area contributed by atoms with E-state index in [9.17, 15) is 0 Å². The minimum atomic E-state index is 0.611. The summed E-state index contributed by atoms with van der Waals surface area (Å²) in [6.07, 6.45) is 3.02. The molecule has 0 fully saturated rings. The van der Waals surface area contributed by atoms with Crippen molar-refractivity contribution in [3.05, 3.63) is 0 Å². The van der Waals surface area contributed by atoms with Gasteiger partial charge in [-0.3, -0.25) is 4.90 Å². The lowest BCUT2D eigenvalue weighted by Gasteiger charge is -2.21. The standard InChI is InChI=1S/C11H24N2O2S/c1-14-9-7-13(8-10-15-2)6-4-3-5-11(12)16/h3-10H2,1-2H3,(H2,12,16). The van der Waals surface area contributed by atoms with Crippen molar-refractivity contribution in [2.45, 2.75) is 19.3 Å². The Morgan fingerprint density at radius 2 is 1.62 bits per heavy atom. The Bertz CT molecular complexity index is 171. The first-order chi connectivity index (χ1) is 7.70. The minimum Gasteiger partial charge on any atom is -0.393 e. The first-order valence-corrected chi connectivity index (χ1v) is 6.10. The van der Waals surface area contributed by atoms with E-state index in [0.29, 0.717) is 4.99 Å². The molecule has 0 saturated carbocycles. The molecule has 0 unspecified atom stereocenters. The molecule has 0 amide bonds. The number of unbranched alkanes of at least 4 members (excludes halogenated alkanes) is 1. The summed E-state index contributed by atoms with van der Waals surface area (Å²) in [7, 11) is 3.45. The van der Waals surface area contributed by atoms with E-state index in [1.807, 2.05) is 0 Å². The van der Waals surface area contributed by atoms with Gasteiger partial charge < -0.3 is 15.2 Å². The molecule has 0 atom stereocenters. The number of methoxy groups -OCH3 is 2. The Hall–Kier alpha value is -0.230. The largest absolute Gasteiger partial charge is 0.393 e. The summed E-state index contributed by atoms with van der Waals surface area (Å²) >= 11 is 4.84. The van der Waals surface area contributed by atoms with Gasteiger partial charge in [0, 0.05) is 27.3 Å². The monoisotopic (exact) mass is 248 g/mol. The van der Waals surface area contributed by atoms with E-state index in [4.69, 9.17) is 27.4 Å². The van der Waals surface area contributed by atoms with Crippen molar-refractivity contribution in [2.75, 3.05) is 47.1 Å². The van der Waals surface area contributed by atoms with Crippen molar-refractivity contribution in [3.8, 4) is 0 Å². The molecule has 0 aromatic rings. The van der Waals surface area contributed by atoms with Crippen molar-refractivity contribution < 1.29 is 9.47 Å². The van der Waals surface area contributed by atoms with E-state index in [1.165, 1.54) is 0 Å². The zero-order chi connectivity index (χ0) is 12.2. The molecule has 16 heavy (non-hydrogen) atoms. The first-order valence-electron chi connectivity index (χ1n) is 5.69. The van der Waals surface area contributed by atoms with Crippen LogP contribution in [0.25, 0.3) is 0 Å². The van der Waals surface area contributed by atoms with Crippen LogP contribution in [0.4, 0.5) is 0 Å². The molecule has 2 N–H and O–H groups in total. The molecular weight excluding hydrogens is 224 g/mol. The summed E-state index contributed by atoms with van der Waals surface area (Å²) in [4.78, 5) is 2.95. The molecule has 0 aliphatic heterocycles. The van der Waals surface area contributed by atoms with Crippen LogP contribution in [0.15, 0.2) is 0 Å². The second kappa shape index (κ2) is 11.3. The zero-order valence-electron chi connectivity index (χ0n) is 10.4. The Kier molecular flexibility index (Phi) is 11.1. The molecule has 0 aromatic carbocycles. The highest BCUT2D eigenvalue weighted by Gasteiger charge is 2.04. The highest BCUT2D eigenvalue weighted by Crippen LogP contribution is 1.99. The van der Waals surface area contributed by atoms with E-state index < -0.39 is 0 Å². The number of rotatable bonds is 11. The third-order valence-electron chi connectivity index (χ3n) is 2.37. The fraction of sp³-hybridized carbons (Fsp3) is 0.909. The average molecular weight is 248 g/mol. The Morgan fingerprint density at radius 3 is 2.06 bits per heavy atom. The fourth-order valence-corrected chi connectivity index (χ4v) is 1.56. The van der Waals surface area contributed by atoms with Crippen molar-refractivity contribution in [3.63, 3.8) is 0 Å². The molecule has 0 bridgehead atoms. The van der Waals surface area contributed by atoms with Gasteiger partial charge in [0.15, 0.2) is 0 Å². The van der Waals surface area contributed by atoms with E-state index in [-0.39, 0.29) is 0 Å². The summed E-state index contributed by atoms with van der Waals surface area (Å²) in [6.45, 7) is 4.48. The molecule has 0 rings (SSSR count). The molecule has 0 heterocycles. The second-order valence-corrected chi connectivity index (χ2v) is 4.28. The minimum absolute atomic E-state index is 0.611. The molecule has 96 valence electrons. The quantitative estimate of drug-likeness (QED) is 0.437. The van der Waals surface area contributed by atoms with Gasteiger partial charge in [-0.05, 0) is 25.8 Å². The van der Waals surface area contributed by atoms with Crippen molar-refractivity contribution in [2.24, 2.45) is 5.73 Å². The number of thiocarbonyl (C=S) groups is 1. The van der Waals surface area contributed by atoms with Crippen molar-refractivity contribution >= 4 is 17.2 Å². The van der Waals surface area contributed by atoms with Crippen LogP contribution < -0.4 is 5.73 Å². The fourth-order valence-electron chi connectivity index (χ4n) is 1.41. The maximum absolute atomic E-state index is 5.45. The first kappa shape index (κ1) is 15.8. The lowest BCUT2D eigenvalue weighted by Crippen LogP contribution is -2.31. The summed E-state index contributed by atoms with van der Waals surface area (Å²) in [5.41, 5.74) is 5.45. The van der Waals surface area contributed by atoms with Crippen LogP contribution in [0.1, 0.15) is 19.3 Å². The van der Waals surface area contributed by atoms with Gasteiger partial charge in [-0.25, -0.2) is 0 Å². The number of ether oxygens (including phenoxy) is 2. The predicted octanol–water partition coefficient (Wildman–Crippen LogP) is 1.04. The Labute approximate surface area is 104 Å². The Balaban J connectivity index is 3.59. The van der Waals surface area contributed by atoms with Crippen LogP contribution in [0.3, 0.4) is 0 Å². The van der Waals surface area contributed by atoms with Crippen LogP contribution in [-0.2, 0) is 9.47 Å². The van der Waals surface area contributed by atoms with Crippen LogP contribution in [0.2, 0.25) is 0 Å².